The Morgan fingerprint density at radius 2 is 1.82 bits per heavy atom. The minimum absolute atomic E-state index is 0.0558. The second kappa shape index (κ2) is 8.10. The summed E-state index contributed by atoms with van der Waals surface area (Å²) in [5.41, 5.74) is 2.96. The predicted octanol–water partition coefficient (Wildman–Crippen LogP) is 5.01. The number of nitrogens with zero attached hydrogens (tertiary/aromatic N) is 2. The molecule has 0 bridgehead atoms. The number of carbonyl (C=O) groups is 1. The number of thiazole rings is 1. The molecule has 4 rings (SSSR count). The van der Waals surface area contributed by atoms with Crippen LogP contribution in [0.5, 0.6) is 0 Å². The molecule has 2 aromatic carbocycles. The summed E-state index contributed by atoms with van der Waals surface area (Å²) in [5.74, 6) is 1.12. The van der Waals surface area contributed by atoms with E-state index in [0.717, 1.165) is 40.2 Å². The fourth-order valence-electron chi connectivity index (χ4n) is 3.34. The minimum atomic E-state index is -0.123. The molecule has 2 aromatic heterocycles. The standard InChI is InChI=1S/C22H24N4OS/c1-14(2)21(22-24-15-8-3-4-9-16(15)25-22)26-19(27)12-7-13-20-23-17-10-5-6-11-18(17)28-20/h3-6,8-11,14,21H,7,12-13H2,1-2H3,(H,24,25)(H,26,27)/t21-/m0/s1. The SMILES string of the molecule is CC(C)[C@H](NC(=O)CCCc1nc2ccccc2s1)c1nc2ccccc2[nH]1. The molecule has 4 aromatic rings. The third-order valence-corrected chi connectivity index (χ3v) is 5.91. The molecule has 2 N–H and O–H groups in total. The predicted molar refractivity (Wildman–Crippen MR) is 114 cm³/mol. The van der Waals surface area contributed by atoms with Gasteiger partial charge < -0.3 is 10.3 Å². The molecule has 6 heteroatoms. The lowest BCUT2D eigenvalue weighted by molar-refractivity contribution is -0.122. The summed E-state index contributed by atoms with van der Waals surface area (Å²) < 4.78 is 1.20. The summed E-state index contributed by atoms with van der Waals surface area (Å²) >= 11 is 1.71. The maximum atomic E-state index is 12.5. The summed E-state index contributed by atoms with van der Waals surface area (Å²) in [5, 5.41) is 4.25. The van der Waals surface area contributed by atoms with Gasteiger partial charge in [0.2, 0.25) is 5.91 Å². The summed E-state index contributed by atoms with van der Waals surface area (Å²) in [4.78, 5) is 25.2. The van der Waals surface area contributed by atoms with Crippen molar-refractivity contribution in [1.29, 1.82) is 0 Å². The number of aryl methyl sites for hydroxylation is 1. The van der Waals surface area contributed by atoms with E-state index in [1.54, 1.807) is 11.3 Å². The number of benzene rings is 2. The van der Waals surface area contributed by atoms with Gasteiger partial charge in [0, 0.05) is 6.42 Å². The highest BCUT2D eigenvalue weighted by Gasteiger charge is 2.21. The van der Waals surface area contributed by atoms with Crippen LogP contribution in [0.25, 0.3) is 21.3 Å². The van der Waals surface area contributed by atoms with Crippen molar-refractivity contribution in [2.45, 2.75) is 39.2 Å². The van der Waals surface area contributed by atoms with Gasteiger partial charge in [-0.25, -0.2) is 9.97 Å². The molecule has 0 saturated heterocycles. The topological polar surface area (TPSA) is 70.7 Å². The lowest BCUT2D eigenvalue weighted by Crippen LogP contribution is -2.32. The molecular weight excluding hydrogens is 368 g/mol. The fourth-order valence-corrected chi connectivity index (χ4v) is 4.35. The Morgan fingerprint density at radius 3 is 2.57 bits per heavy atom. The van der Waals surface area contributed by atoms with Gasteiger partial charge in [-0.05, 0) is 43.0 Å². The molecule has 28 heavy (non-hydrogen) atoms. The van der Waals surface area contributed by atoms with Gasteiger partial charge in [0.15, 0.2) is 0 Å². The Morgan fingerprint density at radius 1 is 1.07 bits per heavy atom. The van der Waals surface area contributed by atoms with E-state index in [9.17, 15) is 4.79 Å². The lowest BCUT2D eigenvalue weighted by atomic mass is 10.0. The fraction of sp³-hybridized carbons (Fsp3) is 0.318. The van der Waals surface area contributed by atoms with Crippen LogP contribution in [0.3, 0.4) is 0 Å². The summed E-state index contributed by atoms with van der Waals surface area (Å²) in [6, 6.07) is 16.0. The molecule has 0 aliphatic rings. The number of hydrogen-bond donors (Lipinski definition) is 2. The molecule has 1 amide bonds. The number of aromatic amines is 1. The maximum Gasteiger partial charge on any atom is 0.220 e. The van der Waals surface area contributed by atoms with E-state index in [1.807, 2.05) is 42.5 Å². The molecular formula is C22H24N4OS. The Bertz CT molecular complexity index is 1030. The summed E-state index contributed by atoms with van der Waals surface area (Å²) in [6.45, 7) is 4.19. The second-order valence-electron chi connectivity index (χ2n) is 7.36. The molecule has 2 heterocycles. The van der Waals surface area contributed by atoms with E-state index in [-0.39, 0.29) is 17.9 Å². The van der Waals surface area contributed by atoms with E-state index in [1.165, 1.54) is 4.70 Å². The Labute approximate surface area is 168 Å². The number of aromatic nitrogens is 3. The number of imidazole rings is 1. The van der Waals surface area contributed by atoms with Crippen LogP contribution < -0.4 is 5.32 Å². The highest BCUT2D eigenvalue weighted by atomic mass is 32.1. The van der Waals surface area contributed by atoms with E-state index in [2.05, 4.69) is 40.2 Å². The largest absolute Gasteiger partial charge is 0.346 e. The highest BCUT2D eigenvalue weighted by Crippen LogP contribution is 2.24. The van der Waals surface area contributed by atoms with Crippen molar-refractivity contribution in [2.24, 2.45) is 5.92 Å². The molecule has 0 aliphatic heterocycles. The number of H-pyrrole nitrogens is 1. The Kier molecular flexibility index (Phi) is 5.39. The van der Waals surface area contributed by atoms with E-state index in [0.29, 0.717) is 6.42 Å². The Hall–Kier alpha value is -2.73. The van der Waals surface area contributed by atoms with Gasteiger partial charge in [-0.3, -0.25) is 4.79 Å². The Balaban J connectivity index is 1.36. The van der Waals surface area contributed by atoms with Gasteiger partial charge in [0.25, 0.3) is 0 Å². The quantitative estimate of drug-likeness (QED) is 0.464. The summed E-state index contributed by atoms with van der Waals surface area (Å²) in [6.07, 6.45) is 2.10. The zero-order chi connectivity index (χ0) is 19.5. The van der Waals surface area contributed by atoms with Gasteiger partial charge in [0.1, 0.15) is 5.82 Å². The summed E-state index contributed by atoms with van der Waals surface area (Å²) in [7, 11) is 0. The third kappa shape index (κ3) is 4.07. The molecule has 1 atom stereocenters. The minimum Gasteiger partial charge on any atom is -0.346 e. The number of carbonyl (C=O) groups excluding carboxylic acids is 1. The zero-order valence-corrected chi connectivity index (χ0v) is 16.9. The van der Waals surface area contributed by atoms with Crippen molar-refractivity contribution in [2.75, 3.05) is 0 Å². The number of rotatable bonds is 7. The van der Waals surface area contributed by atoms with Crippen LogP contribution in [0.15, 0.2) is 48.5 Å². The zero-order valence-electron chi connectivity index (χ0n) is 16.1. The van der Waals surface area contributed by atoms with E-state index >= 15 is 0 Å². The molecule has 0 spiro atoms. The molecule has 144 valence electrons. The van der Waals surface area contributed by atoms with E-state index < -0.39 is 0 Å². The average Bonchev–Trinajstić information content (AvgIpc) is 3.29. The molecule has 0 saturated carbocycles. The highest BCUT2D eigenvalue weighted by molar-refractivity contribution is 7.18. The molecule has 0 fully saturated rings. The van der Waals surface area contributed by atoms with Crippen LogP contribution in [0.4, 0.5) is 0 Å². The first-order valence-corrected chi connectivity index (χ1v) is 10.5. The van der Waals surface area contributed by atoms with Gasteiger partial charge >= 0.3 is 0 Å². The first-order valence-electron chi connectivity index (χ1n) is 9.68. The van der Waals surface area contributed by atoms with Crippen molar-refractivity contribution in [3.05, 3.63) is 59.4 Å². The molecule has 0 aliphatic carbocycles. The molecule has 0 radical (unpaired) electrons. The monoisotopic (exact) mass is 392 g/mol. The van der Waals surface area contributed by atoms with Crippen LogP contribution in [0.1, 0.15) is 43.6 Å². The van der Waals surface area contributed by atoms with Crippen LogP contribution in [-0.2, 0) is 11.2 Å². The van der Waals surface area contributed by atoms with Crippen molar-refractivity contribution in [1.82, 2.24) is 20.3 Å². The molecule has 5 nitrogen and oxygen atoms in total. The van der Waals surface area contributed by atoms with Crippen molar-refractivity contribution >= 4 is 38.5 Å². The number of amides is 1. The first kappa shape index (κ1) is 18.6. The lowest BCUT2D eigenvalue weighted by Gasteiger charge is -2.20. The van der Waals surface area contributed by atoms with E-state index in [4.69, 9.17) is 0 Å². The van der Waals surface area contributed by atoms with Gasteiger partial charge in [0.05, 0.1) is 32.3 Å². The van der Waals surface area contributed by atoms with Gasteiger partial charge in [-0.2, -0.15) is 0 Å². The smallest absolute Gasteiger partial charge is 0.220 e. The van der Waals surface area contributed by atoms with Crippen LogP contribution in [-0.4, -0.2) is 20.9 Å². The van der Waals surface area contributed by atoms with Gasteiger partial charge in [-0.15, -0.1) is 11.3 Å². The van der Waals surface area contributed by atoms with Gasteiger partial charge in [-0.1, -0.05) is 38.1 Å². The number of hydrogen-bond acceptors (Lipinski definition) is 4. The van der Waals surface area contributed by atoms with Crippen molar-refractivity contribution in [3.63, 3.8) is 0 Å². The van der Waals surface area contributed by atoms with Crippen LogP contribution in [0.2, 0.25) is 0 Å². The van der Waals surface area contributed by atoms with Crippen LogP contribution >= 0.6 is 11.3 Å². The van der Waals surface area contributed by atoms with Crippen LogP contribution in [0, 0.1) is 5.92 Å². The second-order valence-corrected chi connectivity index (χ2v) is 8.47. The molecule has 0 unspecified atom stereocenters. The normalized spacial score (nSPS) is 12.7. The number of para-hydroxylation sites is 3. The van der Waals surface area contributed by atoms with Crippen molar-refractivity contribution < 1.29 is 4.79 Å². The van der Waals surface area contributed by atoms with Crippen molar-refractivity contribution in [3.8, 4) is 0 Å². The average molecular weight is 393 g/mol. The maximum absolute atomic E-state index is 12.5. The number of nitrogens with one attached hydrogen (secondary N) is 2. The third-order valence-electron chi connectivity index (χ3n) is 4.82. The number of fused-ring (bicyclic) bond motifs is 2. The first-order chi connectivity index (χ1) is 13.6.